The maximum absolute atomic E-state index is 13.1. The number of halogens is 2. The van der Waals surface area contributed by atoms with E-state index in [4.69, 9.17) is 21.1 Å². The zero-order valence-electron chi connectivity index (χ0n) is 16.2. The van der Waals surface area contributed by atoms with E-state index in [-0.39, 0.29) is 24.3 Å². The molecule has 1 unspecified atom stereocenters. The Labute approximate surface area is 173 Å². The van der Waals surface area contributed by atoms with Crippen LogP contribution in [0.1, 0.15) is 23.2 Å². The third-order valence-corrected chi connectivity index (χ3v) is 5.20. The SMILES string of the molecule is COc1cc(OC)c(NC(=O)C2CCCN(C(=O)c3ccc(F)cc3)C2)cc1Cl. The van der Waals surface area contributed by atoms with Crippen LogP contribution in [0.2, 0.25) is 5.02 Å². The number of amides is 2. The van der Waals surface area contributed by atoms with Gasteiger partial charge in [-0.05, 0) is 43.2 Å². The lowest BCUT2D eigenvalue weighted by Crippen LogP contribution is -2.43. The summed E-state index contributed by atoms with van der Waals surface area (Å²) >= 11 is 6.16. The molecule has 1 aliphatic heterocycles. The summed E-state index contributed by atoms with van der Waals surface area (Å²) in [5, 5.41) is 3.19. The number of hydrogen-bond acceptors (Lipinski definition) is 4. The number of anilines is 1. The average molecular weight is 421 g/mol. The van der Waals surface area contributed by atoms with Crippen LogP contribution in [-0.2, 0) is 4.79 Å². The number of likely N-dealkylation sites (tertiary alicyclic amines) is 1. The molecule has 29 heavy (non-hydrogen) atoms. The first-order valence-corrected chi connectivity index (χ1v) is 9.58. The largest absolute Gasteiger partial charge is 0.495 e. The van der Waals surface area contributed by atoms with Crippen molar-refractivity contribution in [2.24, 2.45) is 5.92 Å². The third-order valence-electron chi connectivity index (χ3n) is 4.90. The molecule has 1 fully saturated rings. The highest BCUT2D eigenvalue weighted by Crippen LogP contribution is 2.36. The van der Waals surface area contributed by atoms with E-state index < -0.39 is 5.82 Å². The summed E-state index contributed by atoms with van der Waals surface area (Å²) in [7, 11) is 2.98. The molecule has 1 saturated heterocycles. The van der Waals surface area contributed by atoms with Crippen LogP contribution in [0.4, 0.5) is 10.1 Å². The number of rotatable bonds is 5. The topological polar surface area (TPSA) is 67.9 Å². The zero-order chi connectivity index (χ0) is 21.0. The number of methoxy groups -OCH3 is 2. The van der Waals surface area contributed by atoms with Gasteiger partial charge >= 0.3 is 0 Å². The van der Waals surface area contributed by atoms with Crippen LogP contribution in [0.15, 0.2) is 36.4 Å². The van der Waals surface area contributed by atoms with E-state index >= 15 is 0 Å². The van der Waals surface area contributed by atoms with E-state index in [9.17, 15) is 14.0 Å². The minimum absolute atomic E-state index is 0.215. The van der Waals surface area contributed by atoms with Crippen molar-refractivity contribution < 1.29 is 23.5 Å². The van der Waals surface area contributed by atoms with Gasteiger partial charge in [0.05, 0.1) is 30.8 Å². The Morgan fingerprint density at radius 2 is 1.83 bits per heavy atom. The van der Waals surface area contributed by atoms with Crippen LogP contribution in [0, 0.1) is 11.7 Å². The van der Waals surface area contributed by atoms with Gasteiger partial charge in [0.1, 0.15) is 17.3 Å². The van der Waals surface area contributed by atoms with E-state index in [1.165, 1.54) is 38.5 Å². The summed E-state index contributed by atoms with van der Waals surface area (Å²) in [4.78, 5) is 27.1. The van der Waals surface area contributed by atoms with Crippen LogP contribution in [0.3, 0.4) is 0 Å². The van der Waals surface area contributed by atoms with Crippen LogP contribution in [0.25, 0.3) is 0 Å². The maximum Gasteiger partial charge on any atom is 0.253 e. The molecule has 8 heteroatoms. The molecule has 3 rings (SSSR count). The van der Waals surface area contributed by atoms with Crippen molar-refractivity contribution >= 4 is 29.1 Å². The molecule has 2 amide bonds. The summed E-state index contributed by atoms with van der Waals surface area (Å²) in [6.45, 7) is 0.839. The predicted molar refractivity (Wildman–Crippen MR) is 108 cm³/mol. The van der Waals surface area contributed by atoms with Crippen LogP contribution >= 0.6 is 11.6 Å². The van der Waals surface area contributed by atoms with Crippen LogP contribution < -0.4 is 14.8 Å². The van der Waals surface area contributed by atoms with Crippen molar-refractivity contribution in [1.29, 1.82) is 0 Å². The van der Waals surface area contributed by atoms with Gasteiger partial charge in [-0.3, -0.25) is 9.59 Å². The van der Waals surface area contributed by atoms with E-state index in [0.29, 0.717) is 47.2 Å². The molecule has 0 saturated carbocycles. The van der Waals surface area contributed by atoms with Gasteiger partial charge in [-0.2, -0.15) is 0 Å². The van der Waals surface area contributed by atoms with Gasteiger partial charge in [0, 0.05) is 24.7 Å². The molecule has 1 atom stereocenters. The van der Waals surface area contributed by atoms with Gasteiger partial charge in [0.25, 0.3) is 5.91 Å². The molecule has 1 aliphatic rings. The third kappa shape index (κ3) is 4.79. The molecule has 0 aliphatic carbocycles. The minimum Gasteiger partial charge on any atom is -0.495 e. The smallest absolute Gasteiger partial charge is 0.253 e. The molecule has 2 aromatic rings. The number of hydrogen-bond donors (Lipinski definition) is 1. The fraction of sp³-hybridized carbons (Fsp3) is 0.333. The molecule has 0 bridgehead atoms. The van der Waals surface area contributed by atoms with Crippen LogP contribution in [-0.4, -0.2) is 44.0 Å². The number of benzene rings is 2. The Morgan fingerprint density at radius 3 is 2.48 bits per heavy atom. The van der Waals surface area contributed by atoms with Gasteiger partial charge < -0.3 is 19.7 Å². The van der Waals surface area contributed by atoms with E-state index in [0.717, 1.165) is 0 Å². The van der Waals surface area contributed by atoms with Crippen molar-refractivity contribution in [3.8, 4) is 11.5 Å². The predicted octanol–water partition coefficient (Wildman–Crippen LogP) is 3.99. The van der Waals surface area contributed by atoms with Crippen LogP contribution in [0.5, 0.6) is 11.5 Å². The zero-order valence-corrected chi connectivity index (χ0v) is 17.0. The highest BCUT2D eigenvalue weighted by molar-refractivity contribution is 6.32. The second kappa shape index (κ2) is 9.13. The molecule has 1 N–H and O–H groups in total. The van der Waals surface area contributed by atoms with Crippen molar-refractivity contribution in [1.82, 2.24) is 4.90 Å². The number of carbonyl (C=O) groups is 2. The second-order valence-corrected chi connectivity index (χ2v) is 7.18. The Kier molecular flexibility index (Phi) is 6.59. The number of nitrogens with zero attached hydrogens (tertiary/aromatic N) is 1. The maximum atomic E-state index is 13.1. The number of piperidine rings is 1. The first-order valence-electron chi connectivity index (χ1n) is 9.20. The van der Waals surface area contributed by atoms with Crippen molar-refractivity contribution in [2.75, 3.05) is 32.6 Å². The molecular formula is C21H22ClFN2O4. The summed E-state index contributed by atoms with van der Waals surface area (Å²) in [5.41, 5.74) is 0.835. The summed E-state index contributed by atoms with van der Waals surface area (Å²) in [6, 6.07) is 8.57. The molecule has 2 aromatic carbocycles. The molecule has 6 nitrogen and oxygen atoms in total. The van der Waals surface area contributed by atoms with Gasteiger partial charge in [0.2, 0.25) is 5.91 Å². The molecule has 0 radical (unpaired) electrons. The Morgan fingerprint density at radius 1 is 1.14 bits per heavy atom. The molecule has 0 aromatic heterocycles. The van der Waals surface area contributed by atoms with Gasteiger partial charge in [-0.15, -0.1) is 0 Å². The second-order valence-electron chi connectivity index (χ2n) is 6.77. The quantitative estimate of drug-likeness (QED) is 0.794. The first-order chi connectivity index (χ1) is 13.9. The number of carbonyl (C=O) groups excluding carboxylic acids is 2. The first kappa shape index (κ1) is 20.9. The highest BCUT2D eigenvalue weighted by atomic mass is 35.5. The highest BCUT2D eigenvalue weighted by Gasteiger charge is 2.29. The van der Waals surface area contributed by atoms with Gasteiger partial charge in [-0.1, -0.05) is 11.6 Å². The van der Waals surface area contributed by atoms with E-state index in [2.05, 4.69) is 5.32 Å². The summed E-state index contributed by atoms with van der Waals surface area (Å²) in [5.74, 6) is -0.345. The summed E-state index contributed by atoms with van der Waals surface area (Å²) in [6.07, 6.45) is 1.36. The van der Waals surface area contributed by atoms with Gasteiger partial charge in [0.15, 0.2) is 0 Å². The lowest BCUT2D eigenvalue weighted by atomic mass is 9.96. The minimum atomic E-state index is -0.399. The fourth-order valence-electron chi connectivity index (χ4n) is 3.34. The summed E-state index contributed by atoms with van der Waals surface area (Å²) < 4.78 is 23.6. The average Bonchev–Trinajstić information content (AvgIpc) is 2.74. The Balaban J connectivity index is 1.71. The normalized spacial score (nSPS) is 16.3. The van der Waals surface area contributed by atoms with Gasteiger partial charge in [-0.25, -0.2) is 4.39 Å². The molecular weight excluding hydrogens is 399 g/mol. The van der Waals surface area contributed by atoms with Crippen molar-refractivity contribution in [2.45, 2.75) is 12.8 Å². The number of nitrogens with one attached hydrogen (secondary N) is 1. The van der Waals surface area contributed by atoms with E-state index in [1.54, 1.807) is 17.0 Å². The molecule has 1 heterocycles. The Hall–Kier alpha value is -2.80. The lowest BCUT2D eigenvalue weighted by Gasteiger charge is -2.32. The lowest BCUT2D eigenvalue weighted by molar-refractivity contribution is -0.121. The number of ether oxygens (including phenoxy) is 2. The molecule has 154 valence electrons. The van der Waals surface area contributed by atoms with E-state index in [1.807, 2.05) is 0 Å². The monoisotopic (exact) mass is 420 g/mol. The van der Waals surface area contributed by atoms with Crippen molar-refractivity contribution in [3.63, 3.8) is 0 Å². The Bertz CT molecular complexity index is 904. The standard InChI is InChI=1S/C21H22ClFN2O4/c1-28-18-11-19(29-2)17(10-16(18)22)24-20(26)14-4-3-9-25(12-14)21(27)13-5-7-15(23)8-6-13/h5-8,10-11,14H,3-4,9,12H2,1-2H3,(H,24,26). The fourth-order valence-corrected chi connectivity index (χ4v) is 3.58. The van der Waals surface area contributed by atoms with Crippen molar-refractivity contribution in [3.05, 3.63) is 52.8 Å². The molecule has 0 spiro atoms.